The van der Waals surface area contributed by atoms with Gasteiger partial charge in [0, 0.05) is 4.88 Å². The van der Waals surface area contributed by atoms with E-state index in [0.29, 0.717) is 0 Å². The number of aromatic nitrogens is 2. The highest BCUT2D eigenvalue weighted by Gasteiger charge is 2.23. The third-order valence-electron chi connectivity index (χ3n) is 5.71. The molecule has 2 aliphatic carbocycles. The van der Waals surface area contributed by atoms with E-state index in [0.717, 1.165) is 54.3 Å². The van der Waals surface area contributed by atoms with E-state index in [9.17, 15) is 9.59 Å². The van der Waals surface area contributed by atoms with E-state index in [1.54, 1.807) is 11.3 Å². The molecule has 138 valence electrons. The first-order valence-corrected chi connectivity index (χ1v) is 10.4. The molecule has 0 aliphatic heterocycles. The van der Waals surface area contributed by atoms with Gasteiger partial charge in [0.15, 0.2) is 0 Å². The molecule has 2 aromatic heterocycles. The maximum Gasteiger partial charge on any atom is 0.262 e. The number of hydrogen-bond acceptors (Lipinski definition) is 4. The van der Waals surface area contributed by atoms with Crippen LogP contribution in [0.2, 0.25) is 0 Å². The zero-order valence-electron chi connectivity index (χ0n) is 15.0. The monoisotopic (exact) mass is 379 g/mol. The highest BCUT2D eigenvalue weighted by molar-refractivity contribution is 7.18. The number of amides is 1. The molecule has 5 nitrogen and oxygen atoms in total. The van der Waals surface area contributed by atoms with Crippen LogP contribution in [0.5, 0.6) is 0 Å². The van der Waals surface area contributed by atoms with Crippen molar-refractivity contribution in [2.45, 2.75) is 51.1 Å². The topological polar surface area (TPSA) is 64.0 Å². The van der Waals surface area contributed by atoms with Crippen molar-refractivity contribution in [2.24, 2.45) is 0 Å². The summed E-state index contributed by atoms with van der Waals surface area (Å²) in [6.45, 7) is 0.0189. The van der Waals surface area contributed by atoms with E-state index in [4.69, 9.17) is 0 Å². The van der Waals surface area contributed by atoms with Crippen LogP contribution in [0.4, 0.5) is 0 Å². The number of nitrogens with zero attached hydrogens (tertiary/aromatic N) is 2. The van der Waals surface area contributed by atoms with Crippen LogP contribution in [0.3, 0.4) is 0 Å². The van der Waals surface area contributed by atoms with E-state index in [-0.39, 0.29) is 24.1 Å². The van der Waals surface area contributed by atoms with Crippen LogP contribution in [0.15, 0.2) is 35.4 Å². The van der Waals surface area contributed by atoms with Gasteiger partial charge in [-0.25, -0.2) is 4.98 Å². The van der Waals surface area contributed by atoms with E-state index in [2.05, 4.69) is 22.4 Å². The number of rotatable bonds is 3. The fourth-order valence-corrected chi connectivity index (χ4v) is 5.65. The largest absolute Gasteiger partial charge is 0.348 e. The molecule has 0 bridgehead atoms. The molecule has 0 saturated heterocycles. The summed E-state index contributed by atoms with van der Waals surface area (Å²) < 4.78 is 1.46. The number of carbonyl (C=O) groups is 1. The molecule has 3 aromatic rings. The van der Waals surface area contributed by atoms with Crippen molar-refractivity contribution in [2.75, 3.05) is 0 Å². The first-order valence-electron chi connectivity index (χ1n) is 9.57. The Bertz CT molecular complexity index is 1100. The Morgan fingerprint density at radius 1 is 1.22 bits per heavy atom. The Morgan fingerprint density at radius 3 is 3.04 bits per heavy atom. The molecular weight excluding hydrogens is 358 g/mol. The van der Waals surface area contributed by atoms with Gasteiger partial charge < -0.3 is 5.32 Å². The maximum atomic E-state index is 12.9. The average molecular weight is 379 g/mol. The molecule has 1 N–H and O–H groups in total. The summed E-state index contributed by atoms with van der Waals surface area (Å²) in [5.41, 5.74) is 3.58. The van der Waals surface area contributed by atoms with Crippen LogP contribution in [0, 0.1) is 0 Å². The number of aryl methyl sites for hydroxylation is 3. The zero-order chi connectivity index (χ0) is 18.4. The molecule has 1 atom stereocenters. The predicted molar refractivity (Wildman–Crippen MR) is 106 cm³/mol. The van der Waals surface area contributed by atoms with Crippen molar-refractivity contribution in [1.29, 1.82) is 0 Å². The van der Waals surface area contributed by atoms with Gasteiger partial charge in [-0.1, -0.05) is 24.3 Å². The summed E-state index contributed by atoms with van der Waals surface area (Å²) >= 11 is 1.62. The number of carbonyl (C=O) groups excluding carboxylic acids is 1. The fraction of sp³-hybridized carbons (Fsp3) is 0.381. The van der Waals surface area contributed by atoms with Gasteiger partial charge in [-0.05, 0) is 55.2 Å². The molecule has 2 heterocycles. The van der Waals surface area contributed by atoms with Crippen LogP contribution < -0.4 is 10.9 Å². The van der Waals surface area contributed by atoms with Crippen LogP contribution in [0.1, 0.15) is 46.9 Å². The SMILES string of the molecule is O=C(Cn1cnc2sc3c(c2c1=O)CCC3)NC1CCCc2ccccc21. The van der Waals surface area contributed by atoms with Gasteiger partial charge in [0.2, 0.25) is 5.91 Å². The molecule has 1 amide bonds. The molecule has 0 fully saturated rings. The van der Waals surface area contributed by atoms with Gasteiger partial charge >= 0.3 is 0 Å². The maximum absolute atomic E-state index is 12.9. The Morgan fingerprint density at radius 2 is 2.11 bits per heavy atom. The quantitative estimate of drug-likeness (QED) is 0.760. The van der Waals surface area contributed by atoms with Crippen molar-refractivity contribution < 1.29 is 4.79 Å². The second-order valence-electron chi connectivity index (χ2n) is 7.43. The summed E-state index contributed by atoms with van der Waals surface area (Å²) in [6.07, 6.45) is 7.67. The minimum absolute atomic E-state index is 0.0189. The number of thiophene rings is 1. The van der Waals surface area contributed by atoms with E-state index in [1.165, 1.54) is 26.9 Å². The Kier molecular flexibility index (Phi) is 4.08. The van der Waals surface area contributed by atoms with Crippen molar-refractivity contribution in [3.63, 3.8) is 0 Å². The lowest BCUT2D eigenvalue weighted by molar-refractivity contribution is -0.122. The predicted octanol–water partition coefficient (Wildman–Crippen LogP) is 3.14. The van der Waals surface area contributed by atoms with Gasteiger partial charge in [-0.2, -0.15) is 0 Å². The molecule has 0 spiro atoms. The summed E-state index contributed by atoms with van der Waals surface area (Å²) in [4.78, 5) is 32.1. The van der Waals surface area contributed by atoms with E-state index >= 15 is 0 Å². The summed E-state index contributed by atoms with van der Waals surface area (Å²) in [5.74, 6) is -0.133. The van der Waals surface area contributed by atoms with Crippen molar-refractivity contribution in [3.8, 4) is 0 Å². The van der Waals surface area contributed by atoms with Crippen LogP contribution in [-0.2, 0) is 30.6 Å². The minimum atomic E-state index is -0.133. The lowest BCUT2D eigenvalue weighted by atomic mass is 9.88. The second kappa shape index (κ2) is 6.60. The standard InChI is InChI=1S/C21H21N3O2S/c25-18(23-16-9-3-6-13-5-1-2-7-14(13)16)11-24-12-22-20-19(21(24)26)15-8-4-10-17(15)27-20/h1-2,5,7,12,16H,3-4,6,8-11H2,(H,23,25). The van der Waals surface area contributed by atoms with Gasteiger partial charge in [0.05, 0.1) is 17.8 Å². The van der Waals surface area contributed by atoms with Crippen LogP contribution >= 0.6 is 11.3 Å². The number of nitrogens with one attached hydrogen (secondary N) is 1. The van der Waals surface area contributed by atoms with Gasteiger partial charge in [-0.15, -0.1) is 11.3 Å². The third kappa shape index (κ3) is 2.88. The summed E-state index contributed by atoms with van der Waals surface area (Å²) in [6, 6.07) is 8.31. The molecule has 0 saturated carbocycles. The second-order valence-corrected chi connectivity index (χ2v) is 8.51. The van der Waals surface area contributed by atoms with E-state index < -0.39 is 0 Å². The van der Waals surface area contributed by atoms with E-state index in [1.807, 2.05) is 12.1 Å². The summed E-state index contributed by atoms with van der Waals surface area (Å²) in [5, 5.41) is 3.85. The first-order chi connectivity index (χ1) is 13.2. The van der Waals surface area contributed by atoms with Crippen molar-refractivity contribution >= 4 is 27.5 Å². The van der Waals surface area contributed by atoms with Crippen molar-refractivity contribution in [3.05, 3.63) is 62.5 Å². The first kappa shape index (κ1) is 16.7. The lowest BCUT2D eigenvalue weighted by Crippen LogP contribution is -2.36. The fourth-order valence-electron chi connectivity index (χ4n) is 4.43. The molecule has 1 aromatic carbocycles. The van der Waals surface area contributed by atoms with Gasteiger partial charge in [0.25, 0.3) is 5.56 Å². The normalized spacial score (nSPS) is 18.3. The highest BCUT2D eigenvalue weighted by Crippen LogP contribution is 2.34. The van der Waals surface area contributed by atoms with Crippen molar-refractivity contribution in [1.82, 2.24) is 14.9 Å². The van der Waals surface area contributed by atoms with Gasteiger partial charge in [-0.3, -0.25) is 14.2 Å². The zero-order valence-corrected chi connectivity index (χ0v) is 15.8. The van der Waals surface area contributed by atoms with Crippen LogP contribution in [0.25, 0.3) is 10.2 Å². The summed E-state index contributed by atoms with van der Waals surface area (Å²) in [7, 11) is 0. The molecule has 2 aliphatic rings. The third-order valence-corrected chi connectivity index (χ3v) is 6.91. The Balaban J connectivity index is 1.39. The number of hydrogen-bond donors (Lipinski definition) is 1. The lowest BCUT2D eigenvalue weighted by Gasteiger charge is -2.26. The van der Waals surface area contributed by atoms with Crippen LogP contribution in [-0.4, -0.2) is 15.5 Å². The molecule has 0 radical (unpaired) electrons. The smallest absolute Gasteiger partial charge is 0.262 e. The van der Waals surface area contributed by atoms with Gasteiger partial charge in [0.1, 0.15) is 11.4 Å². The highest BCUT2D eigenvalue weighted by atomic mass is 32.1. The molecule has 5 rings (SSSR count). The molecule has 6 heteroatoms. The number of benzene rings is 1. The Labute approximate surface area is 161 Å². The average Bonchev–Trinajstić information content (AvgIpc) is 3.25. The molecule has 27 heavy (non-hydrogen) atoms. The molecular formula is C21H21N3O2S. The number of fused-ring (bicyclic) bond motifs is 4. The molecule has 1 unspecified atom stereocenters. The minimum Gasteiger partial charge on any atom is -0.348 e. The Hall–Kier alpha value is -2.47.